The smallest absolute Gasteiger partial charge is 0.316 e. The van der Waals surface area contributed by atoms with Crippen molar-refractivity contribution >= 4 is 27.4 Å². The molecule has 9 heteroatoms. The lowest BCUT2D eigenvalue weighted by Crippen LogP contribution is -2.23. The highest BCUT2D eigenvalue weighted by Gasteiger charge is 2.57. The van der Waals surface area contributed by atoms with Crippen LogP contribution in [-0.2, 0) is 14.6 Å². The predicted octanol–water partition coefficient (Wildman–Crippen LogP) is 2.68. The number of nitrogens with two attached hydrogens (primary N) is 2. The second-order valence-corrected chi connectivity index (χ2v) is 9.14. The van der Waals surface area contributed by atoms with Crippen LogP contribution in [0.2, 0.25) is 0 Å². The summed E-state index contributed by atoms with van der Waals surface area (Å²) in [6, 6.07) is 15.9. The number of carbonyl (C=O) groups excluding carboxylic acids is 1. The quantitative estimate of drug-likeness (QED) is 0.591. The third-order valence-corrected chi connectivity index (χ3v) is 7.43. The number of nitrogens with one attached hydrogen (secondary N) is 1. The highest BCUT2D eigenvalue weighted by Crippen LogP contribution is 2.54. The van der Waals surface area contributed by atoms with Gasteiger partial charge in [0.25, 0.3) is 0 Å². The minimum atomic E-state index is -3.62. The number of hydrogen-bond donors (Lipinski definition) is 3. The molecule has 0 aliphatic heterocycles. The van der Waals surface area contributed by atoms with Gasteiger partial charge in [0, 0.05) is 17.3 Å². The zero-order valence-electron chi connectivity index (χ0n) is 15.4. The summed E-state index contributed by atoms with van der Waals surface area (Å²) in [7, 11) is -3.62. The minimum Gasteiger partial charge on any atom is -0.384 e. The van der Waals surface area contributed by atoms with Crippen molar-refractivity contribution in [3.8, 4) is 11.4 Å². The van der Waals surface area contributed by atoms with Crippen molar-refractivity contribution in [2.45, 2.75) is 22.5 Å². The lowest BCUT2D eigenvalue weighted by Gasteiger charge is -2.17. The molecule has 0 spiro atoms. The number of benzene rings is 2. The maximum atomic E-state index is 13.3. The topological polar surface area (TPSA) is 141 Å². The number of rotatable bonds is 5. The second-order valence-electron chi connectivity index (χ2n) is 6.88. The van der Waals surface area contributed by atoms with Gasteiger partial charge in [-0.05, 0) is 49.2 Å². The van der Waals surface area contributed by atoms with Gasteiger partial charge >= 0.3 is 6.03 Å². The van der Waals surface area contributed by atoms with Gasteiger partial charge in [-0.25, -0.2) is 23.2 Å². The Morgan fingerprint density at radius 1 is 1.00 bits per heavy atom. The van der Waals surface area contributed by atoms with Gasteiger partial charge < -0.3 is 16.8 Å². The summed E-state index contributed by atoms with van der Waals surface area (Å²) in [5.74, 6) is 0.513. The van der Waals surface area contributed by atoms with E-state index >= 15 is 0 Å². The Morgan fingerprint density at radius 3 is 2.24 bits per heavy atom. The molecular weight excluding hydrogens is 390 g/mol. The number of carbonyl (C=O) groups is 1. The molecule has 1 fully saturated rings. The molecule has 1 aliphatic carbocycles. The first-order valence-electron chi connectivity index (χ1n) is 8.93. The van der Waals surface area contributed by atoms with Gasteiger partial charge in [0.1, 0.15) is 10.6 Å². The van der Waals surface area contributed by atoms with Gasteiger partial charge in [0.15, 0.2) is 15.7 Å². The summed E-state index contributed by atoms with van der Waals surface area (Å²) in [6.07, 6.45) is 0.948. The van der Waals surface area contributed by atoms with Crippen LogP contribution in [0, 0.1) is 0 Å². The van der Waals surface area contributed by atoms with Crippen LogP contribution in [0.4, 0.5) is 16.3 Å². The highest BCUT2D eigenvalue weighted by atomic mass is 32.2. The summed E-state index contributed by atoms with van der Waals surface area (Å²) < 4.78 is 25.5. The third-order valence-electron chi connectivity index (χ3n) is 4.90. The van der Waals surface area contributed by atoms with Crippen LogP contribution in [0.15, 0.2) is 65.6 Å². The molecule has 0 bridgehead atoms. The van der Waals surface area contributed by atoms with E-state index in [2.05, 4.69) is 15.3 Å². The van der Waals surface area contributed by atoms with Crippen LogP contribution in [-0.4, -0.2) is 24.4 Å². The average Bonchev–Trinajstić information content (AvgIpc) is 3.51. The molecule has 0 saturated heterocycles. The number of primary amides is 1. The molecule has 5 N–H and O–H groups in total. The number of nitrogen functional groups attached to an aromatic ring is 1. The van der Waals surface area contributed by atoms with Crippen LogP contribution >= 0.6 is 0 Å². The van der Waals surface area contributed by atoms with Crippen LogP contribution in [0.1, 0.15) is 18.5 Å². The maximum Gasteiger partial charge on any atom is 0.316 e. The number of aromatic nitrogens is 2. The van der Waals surface area contributed by atoms with Gasteiger partial charge in [0.05, 0.1) is 10.6 Å². The summed E-state index contributed by atoms with van der Waals surface area (Å²) in [4.78, 5) is 20.0. The molecule has 29 heavy (non-hydrogen) atoms. The Morgan fingerprint density at radius 2 is 1.66 bits per heavy atom. The van der Waals surface area contributed by atoms with E-state index in [-0.39, 0.29) is 10.7 Å². The predicted molar refractivity (Wildman–Crippen MR) is 110 cm³/mol. The summed E-state index contributed by atoms with van der Waals surface area (Å²) in [5, 5.41) is 2.47. The molecule has 148 valence electrons. The first-order chi connectivity index (χ1) is 13.8. The van der Waals surface area contributed by atoms with Crippen LogP contribution in [0.3, 0.4) is 0 Å². The van der Waals surface area contributed by atoms with Crippen LogP contribution in [0.25, 0.3) is 11.4 Å². The van der Waals surface area contributed by atoms with Gasteiger partial charge in [-0.3, -0.25) is 0 Å². The Hall–Kier alpha value is -3.46. The fourth-order valence-electron chi connectivity index (χ4n) is 3.27. The normalized spacial score (nSPS) is 14.9. The molecule has 2 amide bonds. The van der Waals surface area contributed by atoms with Crippen LogP contribution in [0.5, 0.6) is 0 Å². The molecule has 3 aromatic rings. The van der Waals surface area contributed by atoms with Crippen molar-refractivity contribution in [1.82, 2.24) is 9.97 Å². The second kappa shape index (κ2) is 6.85. The van der Waals surface area contributed by atoms with E-state index in [1.54, 1.807) is 54.6 Å². The monoisotopic (exact) mass is 409 g/mol. The zero-order valence-corrected chi connectivity index (χ0v) is 16.2. The van der Waals surface area contributed by atoms with Crippen molar-refractivity contribution < 1.29 is 13.2 Å². The summed E-state index contributed by atoms with van der Waals surface area (Å²) in [6.45, 7) is 0. The molecule has 1 saturated carbocycles. The van der Waals surface area contributed by atoms with E-state index in [0.29, 0.717) is 35.6 Å². The zero-order chi connectivity index (χ0) is 20.6. The Kier molecular flexibility index (Phi) is 4.46. The highest BCUT2D eigenvalue weighted by molar-refractivity contribution is 7.92. The van der Waals surface area contributed by atoms with Crippen molar-refractivity contribution in [2.24, 2.45) is 5.73 Å². The molecule has 1 heterocycles. The minimum absolute atomic E-state index is 0.193. The number of amides is 2. The molecule has 0 radical (unpaired) electrons. The Balaban J connectivity index is 1.73. The van der Waals surface area contributed by atoms with Crippen molar-refractivity contribution in [3.63, 3.8) is 0 Å². The number of sulfone groups is 1. The average molecular weight is 409 g/mol. The van der Waals surface area contributed by atoms with Crippen molar-refractivity contribution in [1.29, 1.82) is 0 Å². The molecule has 4 rings (SSSR count). The molecule has 0 unspecified atom stereocenters. The molecule has 0 atom stereocenters. The number of hydrogen-bond acceptors (Lipinski definition) is 6. The van der Waals surface area contributed by atoms with Gasteiger partial charge in [-0.15, -0.1) is 0 Å². The molecule has 1 aromatic heterocycles. The Bertz CT molecular complexity index is 1170. The number of urea groups is 1. The fourth-order valence-corrected chi connectivity index (χ4v) is 5.26. The lowest BCUT2D eigenvalue weighted by atomic mass is 10.1. The largest absolute Gasteiger partial charge is 0.384 e. The van der Waals surface area contributed by atoms with E-state index in [1.165, 1.54) is 6.07 Å². The van der Waals surface area contributed by atoms with Crippen molar-refractivity contribution in [2.75, 3.05) is 11.1 Å². The fraction of sp³-hybridized carbons (Fsp3) is 0.150. The van der Waals surface area contributed by atoms with E-state index in [9.17, 15) is 13.2 Å². The number of nitrogens with zero attached hydrogens (tertiary/aromatic N) is 2. The van der Waals surface area contributed by atoms with Gasteiger partial charge in [0.2, 0.25) is 0 Å². The standard InChI is InChI=1S/C20H19N5O3S/c21-17-12-16(20(10-11-20)29(27,28)15-4-2-1-3-5-15)24-18(25-17)13-6-8-14(9-7-13)23-19(22)26/h1-9,12H,10-11H2,(H2,21,24,25)(H3,22,23,26). The van der Waals surface area contributed by atoms with E-state index in [0.717, 1.165) is 0 Å². The SMILES string of the molecule is NC(=O)Nc1ccc(-c2nc(N)cc(C3(S(=O)(=O)c4ccccc4)CC3)n2)cc1. The van der Waals surface area contributed by atoms with Gasteiger partial charge in [-0.1, -0.05) is 18.2 Å². The molecular formula is C20H19N5O3S. The van der Waals surface area contributed by atoms with E-state index in [1.807, 2.05) is 0 Å². The molecule has 8 nitrogen and oxygen atoms in total. The maximum absolute atomic E-state index is 13.3. The van der Waals surface area contributed by atoms with Crippen molar-refractivity contribution in [3.05, 3.63) is 66.4 Å². The lowest BCUT2D eigenvalue weighted by molar-refractivity contribution is 0.259. The first-order valence-corrected chi connectivity index (χ1v) is 10.4. The number of anilines is 2. The van der Waals surface area contributed by atoms with Crippen LogP contribution < -0.4 is 16.8 Å². The first kappa shape index (κ1) is 18.9. The van der Waals surface area contributed by atoms with Gasteiger partial charge in [-0.2, -0.15) is 0 Å². The van der Waals surface area contributed by atoms with E-state index < -0.39 is 20.6 Å². The summed E-state index contributed by atoms with van der Waals surface area (Å²) >= 11 is 0. The molecule has 2 aromatic carbocycles. The Labute approximate surface area is 167 Å². The molecule has 1 aliphatic rings. The third kappa shape index (κ3) is 3.40. The van der Waals surface area contributed by atoms with E-state index in [4.69, 9.17) is 11.5 Å². The summed E-state index contributed by atoms with van der Waals surface area (Å²) in [5.41, 5.74) is 12.6.